The number of anilines is 3. The normalized spacial score (nSPS) is 10.8. The van der Waals surface area contributed by atoms with Gasteiger partial charge in [-0.2, -0.15) is 0 Å². The predicted octanol–water partition coefficient (Wildman–Crippen LogP) is 4.99. The molecule has 2 aromatic rings. The first kappa shape index (κ1) is 18.8. The van der Waals surface area contributed by atoms with Crippen molar-refractivity contribution < 1.29 is 9.53 Å². The molecule has 5 heteroatoms. The third-order valence-electron chi connectivity index (χ3n) is 3.89. The van der Waals surface area contributed by atoms with Crippen molar-refractivity contribution in [2.24, 2.45) is 5.92 Å². The van der Waals surface area contributed by atoms with Gasteiger partial charge in [-0.15, -0.1) is 0 Å². The molecule has 1 aromatic carbocycles. The minimum absolute atomic E-state index is 0.0457. The fourth-order valence-electron chi connectivity index (χ4n) is 2.48. The summed E-state index contributed by atoms with van der Waals surface area (Å²) in [5.41, 5.74) is 1.64. The standard InChI is InChI=1S/C20H27N3O2/c1-5-15(6-2)20(24)23-17-9-12-19(21-13-17)22-16-7-10-18(11-8-16)25-14(3)4/h7-15H,5-6H2,1-4H3,(H,21,22)(H,23,24). The van der Waals surface area contributed by atoms with Crippen LogP contribution >= 0.6 is 0 Å². The molecule has 1 aromatic heterocycles. The molecule has 0 bridgehead atoms. The van der Waals surface area contributed by atoms with Gasteiger partial charge in [-0.05, 0) is 63.1 Å². The number of amides is 1. The number of aromatic nitrogens is 1. The molecule has 0 fully saturated rings. The Labute approximate surface area is 149 Å². The first-order valence-corrected chi connectivity index (χ1v) is 8.82. The van der Waals surface area contributed by atoms with E-state index in [1.165, 1.54) is 0 Å². The summed E-state index contributed by atoms with van der Waals surface area (Å²) >= 11 is 0. The Morgan fingerprint density at radius 3 is 2.20 bits per heavy atom. The second-order valence-corrected chi connectivity index (χ2v) is 6.25. The van der Waals surface area contributed by atoms with Crippen LogP contribution in [0.1, 0.15) is 40.5 Å². The minimum atomic E-state index is 0.0457. The average molecular weight is 341 g/mol. The highest BCUT2D eigenvalue weighted by molar-refractivity contribution is 5.92. The van der Waals surface area contributed by atoms with E-state index in [9.17, 15) is 4.79 Å². The maximum absolute atomic E-state index is 12.1. The highest BCUT2D eigenvalue weighted by Crippen LogP contribution is 2.21. The summed E-state index contributed by atoms with van der Waals surface area (Å²) in [5.74, 6) is 1.66. The maximum Gasteiger partial charge on any atom is 0.227 e. The lowest BCUT2D eigenvalue weighted by Gasteiger charge is -2.13. The van der Waals surface area contributed by atoms with Crippen molar-refractivity contribution >= 4 is 23.1 Å². The number of carbonyl (C=O) groups is 1. The van der Waals surface area contributed by atoms with Crippen LogP contribution in [0.25, 0.3) is 0 Å². The Morgan fingerprint density at radius 2 is 1.68 bits per heavy atom. The van der Waals surface area contributed by atoms with Crippen molar-refractivity contribution in [1.29, 1.82) is 0 Å². The Morgan fingerprint density at radius 1 is 1.04 bits per heavy atom. The summed E-state index contributed by atoms with van der Waals surface area (Å²) in [6.45, 7) is 8.05. The van der Waals surface area contributed by atoms with Crippen LogP contribution in [-0.2, 0) is 4.79 Å². The van der Waals surface area contributed by atoms with Crippen molar-refractivity contribution in [2.75, 3.05) is 10.6 Å². The Kier molecular flexibility index (Phi) is 6.81. The van der Waals surface area contributed by atoms with E-state index in [-0.39, 0.29) is 17.9 Å². The second kappa shape index (κ2) is 9.06. The molecule has 0 saturated carbocycles. The van der Waals surface area contributed by atoms with Crippen LogP contribution in [0, 0.1) is 5.92 Å². The average Bonchev–Trinajstić information content (AvgIpc) is 2.59. The highest BCUT2D eigenvalue weighted by atomic mass is 16.5. The fourth-order valence-corrected chi connectivity index (χ4v) is 2.48. The van der Waals surface area contributed by atoms with Gasteiger partial charge in [0.05, 0.1) is 18.0 Å². The Bertz CT molecular complexity index is 662. The summed E-state index contributed by atoms with van der Waals surface area (Å²) in [4.78, 5) is 16.4. The van der Waals surface area contributed by atoms with E-state index < -0.39 is 0 Å². The highest BCUT2D eigenvalue weighted by Gasteiger charge is 2.14. The van der Waals surface area contributed by atoms with Crippen LogP contribution in [0.3, 0.4) is 0 Å². The Balaban J connectivity index is 1.95. The molecule has 0 aliphatic carbocycles. The molecule has 134 valence electrons. The van der Waals surface area contributed by atoms with Crippen molar-refractivity contribution in [3.05, 3.63) is 42.6 Å². The molecule has 1 heterocycles. The van der Waals surface area contributed by atoms with Crippen LogP contribution in [0.2, 0.25) is 0 Å². The molecule has 0 aliphatic rings. The summed E-state index contributed by atoms with van der Waals surface area (Å²) in [7, 11) is 0. The number of hydrogen-bond donors (Lipinski definition) is 2. The van der Waals surface area contributed by atoms with Crippen LogP contribution in [0.5, 0.6) is 5.75 Å². The van der Waals surface area contributed by atoms with Crippen molar-refractivity contribution in [2.45, 2.75) is 46.6 Å². The lowest BCUT2D eigenvalue weighted by atomic mass is 10.0. The van der Waals surface area contributed by atoms with Crippen molar-refractivity contribution in [3.8, 4) is 5.75 Å². The molecular weight excluding hydrogens is 314 g/mol. The van der Waals surface area contributed by atoms with Gasteiger partial charge < -0.3 is 15.4 Å². The second-order valence-electron chi connectivity index (χ2n) is 6.25. The van der Waals surface area contributed by atoms with E-state index in [0.717, 1.165) is 30.1 Å². The van der Waals surface area contributed by atoms with E-state index in [2.05, 4.69) is 15.6 Å². The van der Waals surface area contributed by atoms with E-state index in [1.54, 1.807) is 6.20 Å². The molecule has 0 atom stereocenters. The lowest BCUT2D eigenvalue weighted by Crippen LogP contribution is -2.21. The molecular formula is C20H27N3O2. The summed E-state index contributed by atoms with van der Waals surface area (Å²) in [6, 6.07) is 11.4. The molecule has 5 nitrogen and oxygen atoms in total. The van der Waals surface area contributed by atoms with E-state index in [0.29, 0.717) is 5.69 Å². The predicted molar refractivity (Wildman–Crippen MR) is 102 cm³/mol. The third-order valence-corrected chi connectivity index (χ3v) is 3.89. The van der Waals surface area contributed by atoms with E-state index >= 15 is 0 Å². The summed E-state index contributed by atoms with van der Waals surface area (Å²) in [6.07, 6.45) is 3.50. The SMILES string of the molecule is CCC(CC)C(=O)Nc1ccc(Nc2ccc(OC(C)C)cc2)nc1. The molecule has 25 heavy (non-hydrogen) atoms. The van der Waals surface area contributed by atoms with Crippen LogP contribution in [0.4, 0.5) is 17.2 Å². The number of nitrogens with zero attached hydrogens (tertiary/aromatic N) is 1. The van der Waals surface area contributed by atoms with Gasteiger partial charge in [-0.3, -0.25) is 4.79 Å². The topological polar surface area (TPSA) is 63.2 Å². The molecule has 2 rings (SSSR count). The Hall–Kier alpha value is -2.56. The van der Waals surface area contributed by atoms with Crippen molar-refractivity contribution in [3.63, 3.8) is 0 Å². The van der Waals surface area contributed by atoms with Gasteiger partial charge in [0.25, 0.3) is 0 Å². The number of pyridine rings is 1. The monoisotopic (exact) mass is 341 g/mol. The van der Waals surface area contributed by atoms with Gasteiger partial charge in [0, 0.05) is 11.6 Å². The third kappa shape index (κ3) is 5.78. The molecule has 0 unspecified atom stereocenters. The number of ether oxygens (including phenoxy) is 1. The van der Waals surface area contributed by atoms with Gasteiger partial charge in [-0.25, -0.2) is 4.98 Å². The zero-order valence-electron chi connectivity index (χ0n) is 15.4. The molecule has 0 spiro atoms. The molecule has 1 amide bonds. The first-order valence-electron chi connectivity index (χ1n) is 8.82. The zero-order chi connectivity index (χ0) is 18.2. The van der Waals surface area contributed by atoms with Gasteiger partial charge in [-0.1, -0.05) is 13.8 Å². The summed E-state index contributed by atoms with van der Waals surface area (Å²) < 4.78 is 5.63. The fraction of sp³-hybridized carbons (Fsp3) is 0.400. The maximum atomic E-state index is 12.1. The van der Waals surface area contributed by atoms with Crippen LogP contribution in [0.15, 0.2) is 42.6 Å². The van der Waals surface area contributed by atoms with E-state index in [4.69, 9.17) is 4.74 Å². The lowest BCUT2D eigenvalue weighted by molar-refractivity contribution is -0.120. The molecule has 2 N–H and O–H groups in total. The van der Waals surface area contributed by atoms with Gasteiger partial charge in [0.15, 0.2) is 0 Å². The smallest absolute Gasteiger partial charge is 0.227 e. The number of nitrogens with one attached hydrogen (secondary N) is 2. The molecule has 0 radical (unpaired) electrons. The quantitative estimate of drug-likeness (QED) is 0.710. The number of rotatable bonds is 8. The van der Waals surface area contributed by atoms with Gasteiger partial charge in [0.1, 0.15) is 11.6 Å². The zero-order valence-corrected chi connectivity index (χ0v) is 15.4. The summed E-state index contributed by atoms with van der Waals surface area (Å²) in [5, 5.41) is 6.15. The van der Waals surface area contributed by atoms with E-state index in [1.807, 2.05) is 64.1 Å². The van der Waals surface area contributed by atoms with Crippen molar-refractivity contribution in [1.82, 2.24) is 4.98 Å². The van der Waals surface area contributed by atoms with Gasteiger partial charge in [0.2, 0.25) is 5.91 Å². The molecule has 0 aliphatic heterocycles. The molecule has 0 saturated heterocycles. The minimum Gasteiger partial charge on any atom is -0.491 e. The number of carbonyl (C=O) groups excluding carboxylic acids is 1. The largest absolute Gasteiger partial charge is 0.491 e. The number of benzene rings is 1. The number of hydrogen-bond acceptors (Lipinski definition) is 4. The van der Waals surface area contributed by atoms with Crippen LogP contribution < -0.4 is 15.4 Å². The van der Waals surface area contributed by atoms with Crippen LogP contribution in [-0.4, -0.2) is 17.0 Å². The van der Waals surface area contributed by atoms with Gasteiger partial charge >= 0.3 is 0 Å². The first-order chi connectivity index (χ1) is 12.0.